The molecule has 1 N–H and O–H groups in total. The molecule has 8 heteroatoms. The number of rotatable bonds is 5. The van der Waals surface area contributed by atoms with Crippen molar-refractivity contribution in [1.82, 2.24) is 0 Å². The van der Waals surface area contributed by atoms with Crippen LogP contribution in [0.1, 0.15) is 18.9 Å². The molecule has 0 unspecified atom stereocenters. The molecule has 0 aliphatic heterocycles. The van der Waals surface area contributed by atoms with Crippen LogP contribution in [0.15, 0.2) is 48.5 Å². The number of carbonyl (C=O) groups is 2. The fourth-order valence-electron chi connectivity index (χ4n) is 2.30. The molecule has 0 atom stereocenters. The predicted molar refractivity (Wildman–Crippen MR) is 94.2 cm³/mol. The van der Waals surface area contributed by atoms with Gasteiger partial charge in [-0.25, -0.2) is 0 Å². The predicted octanol–water partition coefficient (Wildman–Crippen LogP) is 4.74. The largest absolute Gasteiger partial charge is 0.416 e. The number of carbonyl (C=O) groups excluding carboxylic acids is 2. The smallest absolute Gasteiger partial charge is 0.326 e. The van der Waals surface area contributed by atoms with Gasteiger partial charge in [0, 0.05) is 25.6 Å². The van der Waals surface area contributed by atoms with E-state index in [1.54, 1.807) is 24.3 Å². The van der Waals surface area contributed by atoms with Gasteiger partial charge in [0.2, 0.25) is 11.8 Å². The van der Waals surface area contributed by atoms with Gasteiger partial charge >= 0.3 is 6.18 Å². The zero-order valence-electron chi connectivity index (χ0n) is 13.8. The van der Waals surface area contributed by atoms with Crippen LogP contribution in [-0.2, 0) is 15.8 Å². The van der Waals surface area contributed by atoms with Crippen LogP contribution in [0, 0.1) is 0 Å². The van der Waals surface area contributed by atoms with Gasteiger partial charge in [-0.2, -0.15) is 13.2 Å². The lowest BCUT2D eigenvalue weighted by Crippen LogP contribution is -2.32. The van der Waals surface area contributed by atoms with Crippen molar-refractivity contribution in [2.75, 3.05) is 16.8 Å². The van der Waals surface area contributed by atoms with Crippen LogP contribution >= 0.6 is 11.6 Å². The van der Waals surface area contributed by atoms with Crippen LogP contribution in [0.3, 0.4) is 0 Å². The highest BCUT2D eigenvalue weighted by atomic mass is 35.5. The molecule has 0 radical (unpaired) electrons. The molecule has 0 bridgehead atoms. The molecule has 4 nitrogen and oxygen atoms in total. The SMILES string of the molecule is CC(=O)N(CCC(=O)Nc1ccc(C(F)(F)F)cc1)c1ccccc1Cl. The van der Waals surface area contributed by atoms with Crippen LogP contribution < -0.4 is 10.2 Å². The summed E-state index contributed by atoms with van der Waals surface area (Å²) in [6.45, 7) is 1.45. The molecule has 26 heavy (non-hydrogen) atoms. The number of anilines is 2. The molecule has 0 heterocycles. The Hall–Kier alpha value is -2.54. The van der Waals surface area contributed by atoms with Gasteiger partial charge in [-0.15, -0.1) is 0 Å². The molecule has 0 aliphatic rings. The highest BCUT2D eigenvalue weighted by molar-refractivity contribution is 6.33. The third-order valence-corrected chi connectivity index (χ3v) is 3.90. The van der Waals surface area contributed by atoms with E-state index in [-0.39, 0.29) is 24.6 Å². The second-order valence-corrected chi connectivity index (χ2v) is 5.90. The van der Waals surface area contributed by atoms with Crippen molar-refractivity contribution in [1.29, 1.82) is 0 Å². The first-order valence-electron chi connectivity index (χ1n) is 7.68. The van der Waals surface area contributed by atoms with E-state index in [1.165, 1.54) is 24.0 Å². The van der Waals surface area contributed by atoms with Crippen molar-refractivity contribution in [2.45, 2.75) is 19.5 Å². The van der Waals surface area contributed by atoms with E-state index < -0.39 is 17.6 Å². The second-order valence-electron chi connectivity index (χ2n) is 5.50. The third-order valence-electron chi connectivity index (χ3n) is 3.58. The minimum absolute atomic E-state index is 0.0359. The minimum atomic E-state index is -4.43. The molecule has 2 aromatic rings. The molecule has 0 saturated heterocycles. The van der Waals surface area contributed by atoms with E-state index in [1.807, 2.05) is 0 Å². The first kappa shape index (κ1) is 19.8. The number of nitrogens with one attached hydrogen (secondary N) is 1. The summed E-state index contributed by atoms with van der Waals surface area (Å²) in [5.41, 5.74) is -0.0592. The van der Waals surface area contributed by atoms with E-state index in [0.717, 1.165) is 12.1 Å². The Morgan fingerprint density at radius 1 is 1.08 bits per heavy atom. The first-order valence-corrected chi connectivity index (χ1v) is 8.06. The fraction of sp³-hybridized carbons (Fsp3) is 0.222. The number of nitrogens with zero attached hydrogens (tertiary/aromatic N) is 1. The van der Waals surface area contributed by atoms with Gasteiger partial charge in [0.1, 0.15) is 0 Å². The molecule has 0 saturated carbocycles. The summed E-state index contributed by atoms with van der Waals surface area (Å²) in [5.74, 6) is -0.705. The summed E-state index contributed by atoms with van der Waals surface area (Å²) in [5, 5.41) is 2.88. The number of alkyl halides is 3. The minimum Gasteiger partial charge on any atom is -0.326 e. The number of amides is 2. The highest BCUT2D eigenvalue weighted by Crippen LogP contribution is 2.30. The van der Waals surface area contributed by atoms with Crippen molar-refractivity contribution >= 4 is 34.8 Å². The molecule has 0 spiro atoms. The molecule has 0 fully saturated rings. The van der Waals surface area contributed by atoms with Crippen molar-refractivity contribution in [3.05, 3.63) is 59.1 Å². The maximum Gasteiger partial charge on any atom is 0.416 e. The Morgan fingerprint density at radius 3 is 2.23 bits per heavy atom. The maximum atomic E-state index is 12.5. The van der Waals surface area contributed by atoms with Crippen LogP contribution in [0.25, 0.3) is 0 Å². The van der Waals surface area contributed by atoms with Gasteiger partial charge in [-0.05, 0) is 36.4 Å². The van der Waals surface area contributed by atoms with Crippen LogP contribution in [-0.4, -0.2) is 18.4 Å². The van der Waals surface area contributed by atoms with Crippen molar-refractivity contribution in [3.8, 4) is 0 Å². The van der Waals surface area contributed by atoms with Gasteiger partial charge < -0.3 is 10.2 Å². The monoisotopic (exact) mass is 384 g/mol. The summed E-state index contributed by atoms with van der Waals surface area (Å²) in [7, 11) is 0. The summed E-state index contributed by atoms with van der Waals surface area (Å²) in [4.78, 5) is 25.2. The van der Waals surface area contributed by atoms with Crippen LogP contribution in [0.4, 0.5) is 24.5 Å². The molecule has 2 amide bonds. The number of hydrogen-bond acceptors (Lipinski definition) is 2. The fourth-order valence-corrected chi connectivity index (χ4v) is 2.54. The number of benzene rings is 2. The zero-order chi connectivity index (χ0) is 19.3. The van der Waals surface area contributed by atoms with Gasteiger partial charge in [-0.1, -0.05) is 23.7 Å². The Kier molecular flexibility index (Phi) is 6.26. The van der Waals surface area contributed by atoms with Crippen molar-refractivity contribution < 1.29 is 22.8 Å². The second kappa shape index (κ2) is 8.23. The number of para-hydroxylation sites is 1. The lowest BCUT2D eigenvalue weighted by molar-refractivity contribution is -0.137. The molecular weight excluding hydrogens is 369 g/mol. The summed E-state index contributed by atoms with van der Waals surface area (Å²) in [6, 6.07) is 10.9. The quantitative estimate of drug-likeness (QED) is 0.809. The standard InChI is InChI=1S/C18H16ClF3N2O2/c1-12(25)24(16-5-3-2-4-15(16)19)11-10-17(26)23-14-8-6-13(7-9-14)18(20,21)22/h2-9H,10-11H2,1H3,(H,23,26). The summed E-state index contributed by atoms with van der Waals surface area (Å²) < 4.78 is 37.6. The summed E-state index contributed by atoms with van der Waals surface area (Å²) >= 11 is 6.07. The van der Waals surface area contributed by atoms with E-state index in [9.17, 15) is 22.8 Å². The van der Waals surface area contributed by atoms with E-state index in [0.29, 0.717) is 10.7 Å². The molecule has 2 rings (SSSR count). The lowest BCUT2D eigenvalue weighted by atomic mass is 10.2. The zero-order valence-corrected chi connectivity index (χ0v) is 14.6. The Labute approximate surface area is 153 Å². The molecule has 0 aromatic heterocycles. The Morgan fingerprint density at radius 2 is 1.69 bits per heavy atom. The molecule has 0 aliphatic carbocycles. The Bertz CT molecular complexity index is 792. The van der Waals surface area contributed by atoms with Gasteiger partial charge in [0.15, 0.2) is 0 Å². The van der Waals surface area contributed by atoms with Crippen LogP contribution in [0.2, 0.25) is 5.02 Å². The average molecular weight is 385 g/mol. The third kappa shape index (κ3) is 5.23. The van der Waals surface area contributed by atoms with E-state index >= 15 is 0 Å². The molecule has 2 aromatic carbocycles. The number of halogens is 4. The summed E-state index contributed by atoms with van der Waals surface area (Å²) in [6.07, 6.45) is -4.47. The first-order chi connectivity index (χ1) is 12.2. The molecular formula is C18H16ClF3N2O2. The highest BCUT2D eigenvalue weighted by Gasteiger charge is 2.30. The van der Waals surface area contributed by atoms with Crippen LogP contribution in [0.5, 0.6) is 0 Å². The lowest BCUT2D eigenvalue weighted by Gasteiger charge is -2.22. The van der Waals surface area contributed by atoms with Crippen molar-refractivity contribution in [2.24, 2.45) is 0 Å². The molecule has 138 valence electrons. The van der Waals surface area contributed by atoms with Gasteiger partial charge in [0.05, 0.1) is 16.3 Å². The number of hydrogen-bond donors (Lipinski definition) is 1. The van der Waals surface area contributed by atoms with Crippen molar-refractivity contribution in [3.63, 3.8) is 0 Å². The van der Waals surface area contributed by atoms with E-state index in [4.69, 9.17) is 11.6 Å². The normalized spacial score (nSPS) is 11.1. The topological polar surface area (TPSA) is 49.4 Å². The maximum absolute atomic E-state index is 12.5. The Balaban J connectivity index is 1.99. The average Bonchev–Trinajstić information content (AvgIpc) is 2.56. The van der Waals surface area contributed by atoms with Gasteiger partial charge in [-0.3, -0.25) is 9.59 Å². The van der Waals surface area contributed by atoms with Gasteiger partial charge in [0.25, 0.3) is 0 Å². The van der Waals surface area contributed by atoms with E-state index in [2.05, 4.69) is 5.32 Å².